The van der Waals surface area contributed by atoms with E-state index in [1.807, 2.05) is 24.3 Å². The Morgan fingerprint density at radius 1 is 1.07 bits per heavy atom. The molecule has 2 heterocycles. The van der Waals surface area contributed by atoms with Gasteiger partial charge < -0.3 is 14.2 Å². The molecule has 0 radical (unpaired) electrons. The number of esters is 1. The summed E-state index contributed by atoms with van der Waals surface area (Å²) in [5.74, 6) is -1.12. The molecule has 1 aliphatic heterocycles. The van der Waals surface area contributed by atoms with Gasteiger partial charge in [-0.15, -0.1) is 0 Å². The van der Waals surface area contributed by atoms with Crippen LogP contribution >= 0.6 is 0 Å². The van der Waals surface area contributed by atoms with Gasteiger partial charge in [0.25, 0.3) is 5.91 Å². The number of benzene rings is 2. The Morgan fingerprint density at radius 3 is 2.50 bits per heavy atom. The molecule has 0 atom stereocenters. The van der Waals surface area contributed by atoms with E-state index in [4.69, 9.17) is 4.74 Å². The third-order valence-electron chi connectivity index (χ3n) is 5.43. The van der Waals surface area contributed by atoms with Crippen molar-refractivity contribution in [2.24, 2.45) is 0 Å². The highest BCUT2D eigenvalue weighted by Crippen LogP contribution is 2.35. The summed E-state index contributed by atoms with van der Waals surface area (Å²) in [5, 5.41) is 0.971. The van der Waals surface area contributed by atoms with Gasteiger partial charge in [-0.2, -0.15) is 13.2 Å². The number of amides is 1. The second-order valence-corrected chi connectivity index (χ2v) is 7.12. The fourth-order valence-electron chi connectivity index (χ4n) is 4.03. The van der Waals surface area contributed by atoms with Gasteiger partial charge in [-0.3, -0.25) is 9.59 Å². The maximum Gasteiger partial charge on any atom is 0.417 e. The number of fused-ring (bicyclic) bond motifs is 3. The molecule has 1 amide bonds. The van der Waals surface area contributed by atoms with Crippen molar-refractivity contribution in [3.8, 4) is 0 Å². The van der Waals surface area contributed by atoms with Gasteiger partial charge in [0.05, 0.1) is 24.8 Å². The number of para-hydroxylation sites is 1. The minimum Gasteiger partial charge on any atom is -0.468 e. The van der Waals surface area contributed by atoms with Crippen LogP contribution in [0.1, 0.15) is 27.2 Å². The molecule has 0 spiro atoms. The molecule has 5 nitrogen and oxygen atoms in total. The Hall–Kier alpha value is -3.29. The number of methoxy groups -OCH3 is 1. The minimum absolute atomic E-state index is 0.0342. The van der Waals surface area contributed by atoms with E-state index < -0.39 is 23.6 Å². The third kappa shape index (κ3) is 3.42. The molecule has 0 bridgehead atoms. The predicted octanol–water partition coefficient (Wildman–Crippen LogP) is 4.03. The number of carbonyl (C=O) groups is 2. The van der Waals surface area contributed by atoms with Crippen LogP contribution < -0.4 is 0 Å². The van der Waals surface area contributed by atoms with Gasteiger partial charge in [0.15, 0.2) is 0 Å². The lowest BCUT2D eigenvalue weighted by molar-refractivity contribution is -0.141. The van der Waals surface area contributed by atoms with Gasteiger partial charge in [0, 0.05) is 23.1 Å². The highest BCUT2D eigenvalue weighted by atomic mass is 19.4. The van der Waals surface area contributed by atoms with Crippen LogP contribution in [0.2, 0.25) is 0 Å². The smallest absolute Gasteiger partial charge is 0.417 e. The van der Waals surface area contributed by atoms with Crippen LogP contribution in [0.3, 0.4) is 0 Å². The molecule has 1 aliphatic rings. The van der Waals surface area contributed by atoms with Crippen molar-refractivity contribution in [3.63, 3.8) is 0 Å². The molecule has 2 aromatic carbocycles. The molecule has 0 aliphatic carbocycles. The van der Waals surface area contributed by atoms with E-state index in [9.17, 15) is 22.8 Å². The maximum atomic E-state index is 13.4. The van der Waals surface area contributed by atoms with Crippen molar-refractivity contribution in [2.45, 2.75) is 25.7 Å². The second kappa shape index (κ2) is 7.51. The van der Waals surface area contributed by atoms with Crippen LogP contribution in [0, 0.1) is 0 Å². The number of nitrogens with zero attached hydrogens (tertiary/aromatic N) is 2. The Bertz CT molecular complexity index is 1130. The number of aromatic nitrogens is 1. The van der Waals surface area contributed by atoms with E-state index in [1.54, 1.807) is 4.57 Å². The first-order valence-electron chi connectivity index (χ1n) is 9.42. The minimum atomic E-state index is -4.62. The predicted molar refractivity (Wildman–Crippen MR) is 104 cm³/mol. The van der Waals surface area contributed by atoms with E-state index >= 15 is 0 Å². The van der Waals surface area contributed by atoms with E-state index in [2.05, 4.69) is 0 Å². The summed E-state index contributed by atoms with van der Waals surface area (Å²) in [6, 6.07) is 12.4. The Morgan fingerprint density at radius 2 is 1.77 bits per heavy atom. The van der Waals surface area contributed by atoms with Gasteiger partial charge in [0.1, 0.15) is 6.54 Å². The van der Waals surface area contributed by atoms with Crippen molar-refractivity contribution in [2.75, 3.05) is 13.7 Å². The van der Waals surface area contributed by atoms with Crippen molar-refractivity contribution < 1.29 is 27.5 Å². The largest absolute Gasteiger partial charge is 0.468 e. The summed E-state index contributed by atoms with van der Waals surface area (Å²) in [5.41, 5.74) is 1.26. The summed E-state index contributed by atoms with van der Waals surface area (Å²) >= 11 is 0. The Kier molecular flexibility index (Phi) is 5.01. The molecule has 0 N–H and O–H groups in total. The highest BCUT2D eigenvalue weighted by Gasteiger charge is 2.37. The molecule has 8 heteroatoms. The molecule has 1 aromatic heterocycles. The Labute approximate surface area is 170 Å². The monoisotopic (exact) mass is 416 g/mol. The molecule has 0 saturated heterocycles. The lowest BCUT2D eigenvalue weighted by Crippen LogP contribution is -2.37. The molecule has 0 unspecified atom stereocenters. The average molecular weight is 416 g/mol. The fourth-order valence-corrected chi connectivity index (χ4v) is 4.03. The van der Waals surface area contributed by atoms with Crippen molar-refractivity contribution >= 4 is 22.8 Å². The molecule has 0 saturated carbocycles. The fraction of sp³-hybridized carbons (Fsp3) is 0.273. The topological polar surface area (TPSA) is 51.5 Å². The highest BCUT2D eigenvalue weighted by molar-refractivity contribution is 5.96. The normalized spacial score (nSPS) is 13.9. The first-order valence-corrected chi connectivity index (χ1v) is 9.42. The number of rotatable bonds is 3. The SMILES string of the molecule is COC(=O)Cn1c2c(c3ccccc31)CCN(C(=O)c1ccccc1C(F)(F)F)C2. The van der Waals surface area contributed by atoms with Crippen LogP contribution in [-0.2, 0) is 35.2 Å². The molecule has 30 heavy (non-hydrogen) atoms. The first-order chi connectivity index (χ1) is 14.3. The van der Waals surface area contributed by atoms with Crippen molar-refractivity contribution in [3.05, 3.63) is 70.9 Å². The van der Waals surface area contributed by atoms with Gasteiger partial charge in [-0.05, 0) is 30.2 Å². The zero-order valence-electron chi connectivity index (χ0n) is 16.2. The van der Waals surface area contributed by atoms with Crippen LogP contribution in [0.15, 0.2) is 48.5 Å². The van der Waals surface area contributed by atoms with Gasteiger partial charge in [-0.25, -0.2) is 0 Å². The van der Waals surface area contributed by atoms with Crippen molar-refractivity contribution in [1.29, 1.82) is 0 Å². The quantitative estimate of drug-likeness (QED) is 0.606. The van der Waals surface area contributed by atoms with E-state index in [-0.39, 0.29) is 18.7 Å². The molecule has 3 aromatic rings. The van der Waals surface area contributed by atoms with Crippen LogP contribution in [-0.4, -0.2) is 35.0 Å². The number of alkyl halides is 3. The maximum absolute atomic E-state index is 13.4. The first kappa shape index (κ1) is 20.0. The second-order valence-electron chi connectivity index (χ2n) is 7.12. The Balaban J connectivity index is 1.74. The van der Waals surface area contributed by atoms with E-state index in [0.717, 1.165) is 28.2 Å². The number of carbonyl (C=O) groups excluding carboxylic acids is 2. The molecular formula is C22H19F3N2O3. The molecule has 0 fully saturated rings. The molecular weight excluding hydrogens is 397 g/mol. The van der Waals surface area contributed by atoms with Gasteiger partial charge in [-0.1, -0.05) is 30.3 Å². The molecule has 4 rings (SSSR count). The summed E-state index contributed by atoms with van der Waals surface area (Å²) in [4.78, 5) is 26.4. The van der Waals surface area contributed by atoms with Gasteiger partial charge in [0.2, 0.25) is 0 Å². The lowest BCUT2D eigenvalue weighted by Gasteiger charge is -2.29. The zero-order valence-corrected chi connectivity index (χ0v) is 16.2. The van der Waals surface area contributed by atoms with Crippen LogP contribution in [0.5, 0.6) is 0 Å². The number of ether oxygens (including phenoxy) is 1. The van der Waals surface area contributed by atoms with Gasteiger partial charge >= 0.3 is 12.1 Å². The molecule has 156 valence electrons. The number of hydrogen-bond acceptors (Lipinski definition) is 3. The number of hydrogen-bond donors (Lipinski definition) is 0. The van der Waals surface area contributed by atoms with Crippen LogP contribution in [0.25, 0.3) is 10.9 Å². The van der Waals surface area contributed by atoms with E-state index in [1.165, 1.54) is 30.2 Å². The van der Waals surface area contributed by atoms with Crippen LogP contribution in [0.4, 0.5) is 13.2 Å². The van der Waals surface area contributed by atoms with Crippen molar-refractivity contribution in [1.82, 2.24) is 9.47 Å². The summed E-state index contributed by atoms with van der Waals surface area (Å²) in [7, 11) is 1.30. The summed E-state index contributed by atoms with van der Waals surface area (Å²) < 4.78 is 46.7. The zero-order chi connectivity index (χ0) is 21.5. The lowest BCUT2D eigenvalue weighted by atomic mass is 10.0. The summed E-state index contributed by atoms with van der Waals surface area (Å²) in [6.07, 6.45) is -4.13. The third-order valence-corrected chi connectivity index (χ3v) is 5.43. The average Bonchev–Trinajstić information content (AvgIpc) is 3.05. The summed E-state index contributed by atoms with van der Waals surface area (Å²) in [6.45, 7) is 0.379. The van der Waals surface area contributed by atoms with E-state index in [0.29, 0.717) is 13.0 Å². The number of halogens is 3. The standard InChI is InChI=1S/C22H19F3N2O3/c1-30-20(28)13-27-18-9-5-3-6-14(18)15-10-11-26(12-19(15)27)21(29)16-7-2-4-8-17(16)22(23,24)25/h2-9H,10-13H2,1H3.